The first-order valence-electron chi connectivity index (χ1n) is 2.17. The Kier molecular flexibility index (Phi) is 6.06. The van der Waals surface area contributed by atoms with Crippen LogP contribution in [0.15, 0.2) is 0 Å². The summed E-state index contributed by atoms with van der Waals surface area (Å²) in [5.74, 6) is 4.86. The molecule has 0 saturated heterocycles. The van der Waals surface area contributed by atoms with E-state index in [0.717, 1.165) is 0 Å². The predicted molar refractivity (Wildman–Crippen MR) is 33.1 cm³/mol. The van der Waals surface area contributed by atoms with Crippen molar-refractivity contribution in [3.05, 3.63) is 30.6 Å². The quantitative estimate of drug-likeness (QED) is 0.0997. The van der Waals surface area contributed by atoms with Crippen molar-refractivity contribution in [3.8, 4) is 0 Å². The van der Waals surface area contributed by atoms with Gasteiger partial charge in [-0.1, -0.05) is 0 Å². The van der Waals surface area contributed by atoms with E-state index in [9.17, 15) is 30.6 Å². The van der Waals surface area contributed by atoms with Crippen LogP contribution in [0.2, 0.25) is 0 Å². The molecule has 11 heteroatoms. The van der Waals surface area contributed by atoms with Crippen LogP contribution in [0.5, 0.6) is 0 Å². The van der Waals surface area contributed by atoms with Crippen molar-refractivity contribution in [1.29, 1.82) is 0 Å². The van der Waals surface area contributed by atoms with Crippen molar-refractivity contribution in [3.63, 3.8) is 0 Å². The highest BCUT2D eigenvalue weighted by Gasteiger charge is 2.37. The number of nitrogens with zero attached hydrogens (tertiary/aromatic N) is 3. The Hall–Kier alpha value is -2.01. The van der Waals surface area contributed by atoms with Crippen molar-refractivity contribution in [2.45, 2.75) is 0 Å². The third kappa shape index (κ3) is 3.91. The predicted octanol–water partition coefficient (Wildman–Crippen LogP) is -2.99. The second-order valence-corrected chi connectivity index (χ2v) is 1.07. The van der Waals surface area contributed by atoms with Gasteiger partial charge < -0.3 is 10.4 Å². The Morgan fingerprint density at radius 2 is 1.25 bits per heavy atom. The Bertz CT molecular complexity index is 188. The summed E-state index contributed by atoms with van der Waals surface area (Å²) >= 11 is 0. The van der Waals surface area contributed by atoms with E-state index >= 15 is 0 Å². The minimum absolute atomic E-state index is 1.67. The van der Waals surface area contributed by atoms with Gasteiger partial charge in [0, 0.05) is 0 Å². The molecule has 0 saturated carbocycles. The van der Waals surface area contributed by atoms with Gasteiger partial charge in [-0.15, -0.1) is 0 Å². The third-order valence-electron chi connectivity index (χ3n) is 0.490. The molecule has 0 heterocycles. The molecule has 0 fully saturated rings. The molecular weight excluding hydrogens is 178 g/mol. The molecule has 0 aliphatic heterocycles. The van der Waals surface area contributed by atoms with Gasteiger partial charge in [-0.05, 0) is 4.90 Å². The molecule has 0 aromatic heterocycles. The minimum Gasteiger partial charge on any atom is -0.602 e. The van der Waals surface area contributed by atoms with Gasteiger partial charge in [0.1, 0.15) is 0 Å². The molecule has 12 heavy (non-hydrogen) atoms. The molecule has 0 aromatic rings. The van der Waals surface area contributed by atoms with Gasteiger partial charge in [-0.25, -0.2) is 20.2 Å². The van der Waals surface area contributed by atoms with E-state index in [1.54, 1.807) is 0 Å². The number of nitrogens with two attached hydrogens (primary N) is 1. The van der Waals surface area contributed by atoms with Crippen LogP contribution in [0, 0.1) is 30.6 Å². The van der Waals surface area contributed by atoms with Crippen LogP contribution in [0.1, 0.15) is 0 Å². The van der Waals surface area contributed by atoms with Gasteiger partial charge in [0.2, 0.25) is 9.85 Å². The fourth-order valence-corrected chi connectivity index (χ4v) is 0.200. The number of quaternary nitrogens is 1. The summed E-state index contributed by atoms with van der Waals surface area (Å²) in [7, 11) is 0. The summed E-state index contributed by atoms with van der Waals surface area (Å²) in [5.41, 5.74) is 0. The third-order valence-corrected chi connectivity index (χ3v) is 0.490. The Morgan fingerprint density at radius 3 is 1.25 bits per heavy atom. The normalized spacial score (nSPS) is 7.50. The van der Waals surface area contributed by atoms with Crippen molar-refractivity contribution >= 4 is 5.96 Å². The summed E-state index contributed by atoms with van der Waals surface area (Å²) in [5, 5.41) is 37.9. The fourth-order valence-electron chi connectivity index (χ4n) is 0.200. The maximum absolute atomic E-state index is 9.47. The molecule has 0 spiro atoms. The molecule has 0 aliphatic rings. The van der Waals surface area contributed by atoms with Gasteiger partial charge >= 0.3 is 5.96 Å². The van der Waals surface area contributed by atoms with E-state index in [1.807, 2.05) is 0 Å². The van der Waals surface area contributed by atoms with Crippen LogP contribution < -0.4 is 11.7 Å². The summed E-state index contributed by atoms with van der Waals surface area (Å²) < 4.78 is 0. The van der Waals surface area contributed by atoms with Crippen LogP contribution in [-0.2, 0) is 0 Å². The number of hydrogen-bond donors (Lipinski definition) is 2. The Morgan fingerprint density at radius 1 is 1.00 bits per heavy atom. The average molecular weight is 183 g/mol. The largest absolute Gasteiger partial charge is 0.827 e. The molecule has 0 aliphatic carbocycles. The van der Waals surface area contributed by atoms with Gasteiger partial charge in [0.25, 0.3) is 0 Å². The average Bonchev–Trinajstić information content (AvgIpc) is 1.88. The van der Waals surface area contributed by atoms with Gasteiger partial charge in [-0.3, -0.25) is 5.84 Å². The lowest BCUT2D eigenvalue weighted by atomic mass is 11.1. The molecule has 11 nitrogen and oxygen atoms in total. The molecule has 0 bridgehead atoms. The van der Waals surface area contributed by atoms with Gasteiger partial charge in [-0.2, -0.15) is 5.84 Å². The van der Waals surface area contributed by atoms with E-state index < -0.39 is 20.7 Å². The van der Waals surface area contributed by atoms with E-state index in [1.165, 1.54) is 0 Å². The summed E-state index contributed by atoms with van der Waals surface area (Å²) in [6.07, 6.45) is 0. The highest BCUT2D eigenvalue weighted by atomic mass is 16.8. The highest BCUT2D eigenvalue weighted by Crippen LogP contribution is 1.80. The van der Waals surface area contributed by atoms with Crippen LogP contribution in [0.3, 0.4) is 0 Å². The second-order valence-electron chi connectivity index (χ2n) is 1.07. The first-order chi connectivity index (χ1) is 5.46. The van der Waals surface area contributed by atoms with Crippen molar-refractivity contribution in [2.24, 2.45) is 5.84 Å². The lowest BCUT2D eigenvalue weighted by Gasteiger charge is -1.94. The number of hydrogen-bond acceptors (Lipinski definition) is 7. The molecule has 5 N–H and O–H groups in total. The van der Waals surface area contributed by atoms with Gasteiger partial charge in [0.15, 0.2) is 0 Å². The van der Waals surface area contributed by atoms with Crippen molar-refractivity contribution < 1.29 is 20.6 Å². The molecule has 0 radical (unpaired) electrons. The SMILES string of the molecule is N[NH3+].O=[N+]([O-])C([N+](=O)[O-])=[N+]([O-])[O-]. The molecule has 0 atom stereocenters. The zero-order valence-corrected chi connectivity index (χ0v) is 5.58. The number of nitro groups is 2. The van der Waals surface area contributed by atoms with Crippen molar-refractivity contribution in [1.82, 2.24) is 0 Å². The summed E-state index contributed by atoms with van der Waals surface area (Å²) in [6, 6.07) is 0. The maximum atomic E-state index is 9.47. The smallest absolute Gasteiger partial charge is 0.602 e. The highest BCUT2D eigenvalue weighted by molar-refractivity contribution is 5.56. The summed E-state index contributed by atoms with van der Waals surface area (Å²) in [4.78, 5) is 13.9. The standard InChI is InChI=1S/CN3O6.H4N2/c5-2(6)1(3(7)8)4(9)10;1-2/h;1-2H2/q-1;/p+1. The first kappa shape index (κ1) is 12.6. The lowest BCUT2D eigenvalue weighted by molar-refractivity contribution is -0.595. The molecule has 0 aromatic carbocycles. The first-order valence-corrected chi connectivity index (χ1v) is 2.17. The minimum atomic E-state index is -2.14. The zero-order chi connectivity index (χ0) is 10.3. The molecule has 0 rings (SSSR count). The monoisotopic (exact) mass is 183 g/mol. The van der Waals surface area contributed by atoms with Crippen LogP contribution in [-0.4, -0.2) is 20.7 Å². The van der Waals surface area contributed by atoms with Crippen LogP contribution in [0.4, 0.5) is 0 Å². The zero-order valence-electron chi connectivity index (χ0n) is 5.58. The Labute approximate surface area is 64.3 Å². The second kappa shape index (κ2) is 5.75. The topological polar surface area (TPSA) is 189 Å². The summed E-state index contributed by atoms with van der Waals surface area (Å²) in [6.45, 7) is 0. The molecule has 0 amide bonds. The number of guanidine groups is 1. The van der Waals surface area contributed by atoms with E-state index in [-0.39, 0.29) is 0 Å². The van der Waals surface area contributed by atoms with E-state index in [0.29, 0.717) is 0 Å². The Balaban J connectivity index is 0. The number of rotatable bonds is 0. The molecule has 70 valence electrons. The molecular formula is CH5N5O6. The van der Waals surface area contributed by atoms with E-state index in [4.69, 9.17) is 0 Å². The molecule has 0 unspecified atom stereocenters. The van der Waals surface area contributed by atoms with Crippen LogP contribution in [0.25, 0.3) is 0 Å². The lowest BCUT2D eigenvalue weighted by Crippen LogP contribution is -2.59. The van der Waals surface area contributed by atoms with Crippen LogP contribution >= 0.6 is 0 Å². The maximum Gasteiger partial charge on any atom is 0.827 e. The van der Waals surface area contributed by atoms with E-state index in [2.05, 4.69) is 11.7 Å². The fraction of sp³-hybridized carbons (Fsp3) is 0. The van der Waals surface area contributed by atoms with Crippen molar-refractivity contribution in [2.75, 3.05) is 0 Å². The van der Waals surface area contributed by atoms with Gasteiger partial charge in [0.05, 0.1) is 0 Å².